The van der Waals surface area contributed by atoms with E-state index in [4.69, 9.17) is 24.7 Å². The lowest BCUT2D eigenvalue weighted by atomic mass is 9.44. The number of benzene rings is 1. The zero-order valence-electron chi connectivity index (χ0n) is 43.1. The number of ketones is 2. The van der Waals surface area contributed by atoms with E-state index in [1.54, 1.807) is 45.0 Å². The number of anilines is 1. The second-order valence-corrected chi connectivity index (χ2v) is 21.6. The number of allylic oxidation sites excluding steroid dienone is 4. The number of nitrogens with one attached hydrogen (secondary N) is 4. The molecule has 2 unspecified atom stereocenters. The van der Waals surface area contributed by atoms with E-state index in [0.717, 1.165) is 38.2 Å². The number of ether oxygens (including phenoxy) is 4. The predicted octanol–water partition coefficient (Wildman–Crippen LogP) is 5.39. The van der Waals surface area contributed by atoms with Crippen molar-refractivity contribution in [3.05, 3.63) is 48.1 Å². The van der Waals surface area contributed by atoms with Crippen LogP contribution in [0.15, 0.2) is 48.1 Å². The monoisotopic (exact) mass is 1020 g/mol. The standard InChI is InChI=1S/C55H75F2N5O11/c1-7-15-47-72-45-28-38-39-27-41(56)40-26-35(63)23-24-52(40,5)54(39,57)43(64)29-53(38,6)55(45,73-47)44(65)30-70-37-21-19-34(20-22-37)61-49(67)33(4)60-51(69)48(32(2)3)62-50(68)42(58)18-13-14-25-59-46(66)31-71-36-16-11-9-8-10-12-17-36/h19-24,26,32-33,36,38-39,41-43,45,47-48,64H,7-11,13-16,18,25,27-31,58H2,1-6H3,(H,59,66)(H,60,69)(H,61,67)(H,62,68)/t33-,36?,38-,39-,41-,42-,43-,45+,47?,48-,52-,53-,54-,55+/m0/s1. The quantitative estimate of drug-likeness (QED) is 0.0672. The lowest BCUT2D eigenvalue weighted by Gasteiger charge is -2.63. The van der Waals surface area contributed by atoms with E-state index in [0.29, 0.717) is 44.3 Å². The molecule has 0 bridgehead atoms. The molecule has 16 nitrogen and oxygen atoms in total. The van der Waals surface area contributed by atoms with Gasteiger partial charge in [-0.2, -0.15) is 0 Å². The molecule has 73 heavy (non-hydrogen) atoms. The summed E-state index contributed by atoms with van der Waals surface area (Å²) in [5, 5.41) is 22.9. The maximum atomic E-state index is 17.9. The van der Waals surface area contributed by atoms with Crippen molar-refractivity contribution in [1.29, 1.82) is 0 Å². The molecule has 4 fully saturated rings. The van der Waals surface area contributed by atoms with Crippen LogP contribution in [-0.4, -0.2) is 120 Å². The van der Waals surface area contributed by atoms with Gasteiger partial charge in [0.05, 0.1) is 18.2 Å². The van der Waals surface area contributed by atoms with Crippen LogP contribution in [0.4, 0.5) is 14.5 Å². The third-order valence-electron chi connectivity index (χ3n) is 16.4. The van der Waals surface area contributed by atoms with Gasteiger partial charge in [-0.05, 0) is 132 Å². The average molecular weight is 1020 g/mol. The van der Waals surface area contributed by atoms with Crippen molar-refractivity contribution in [3.63, 3.8) is 0 Å². The fourth-order valence-corrected chi connectivity index (χ4v) is 12.4. The number of fused-ring (bicyclic) bond motifs is 7. The maximum Gasteiger partial charge on any atom is 0.246 e. The van der Waals surface area contributed by atoms with Crippen molar-refractivity contribution in [2.24, 2.45) is 34.3 Å². The number of carbonyl (C=O) groups is 6. The molecule has 0 spiro atoms. The third-order valence-corrected chi connectivity index (χ3v) is 16.4. The number of hydrogen-bond acceptors (Lipinski definition) is 12. The van der Waals surface area contributed by atoms with Crippen LogP contribution in [0.2, 0.25) is 0 Å². The first-order valence-corrected chi connectivity index (χ1v) is 26.3. The Bertz CT molecular complexity index is 2350. The van der Waals surface area contributed by atoms with Gasteiger partial charge in [0.2, 0.25) is 29.4 Å². The first-order chi connectivity index (χ1) is 34.7. The minimum absolute atomic E-state index is 0.0165. The number of halogens is 2. The van der Waals surface area contributed by atoms with Crippen LogP contribution in [0.1, 0.15) is 125 Å². The first kappa shape index (κ1) is 55.7. The topological polar surface area (TPSA) is 234 Å². The van der Waals surface area contributed by atoms with Crippen LogP contribution >= 0.6 is 0 Å². The predicted molar refractivity (Wildman–Crippen MR) is 267 cm³/mol. The second kappa shape index (κ2) is 23.2. The van der Waals surface area contributed by atoms with Gasteiger partial charge in [-0.1, -0.05) is 52.5 Å². The number of alkyl halides is 2. The Labute approximate surface area is 427 Å². The number of aliphatic hydroxyl groups excluding tert-OH is 1. The van der Waals surface area contributed by atoms with E-state index in [9.17, 15) is 33.9 Å². The molecule has 1 aromatic rings. The minimum Gasteiger partial charge on any atom is -0.486 e. The van der Waals surface area contributed by atoms with E-state index >= 15 is 8.78 Å². The molecule has 0 radical (unpaired) electrons. The molecule has 7 N–H and O–H groups in total. The Morgan fingerprint density at radius 3 is 2.45 bits per heavy atom. The van der Waals surface area contributed by atoms with Crippen molar-refractivity contribution in [3.8, 4) is 17.6 Å². The summed E-state index contributed by atoms with van der Waals surface area (Å²) in [5.74, 6) is 1.72. The number of aliphatic hydroxyl groups is 1. The summed E-state index contributed by atoms with van der Waals surface area (Å²) < 4.78 is 58.7. The Morgan fingerprint density at radius 2 is 1.73 bits per heavy atom. The van der Waals surface area contributed by atoms with Crippen molar-refractivity contribution in [2.45, 2.75) is 185 Å². The van der Waals surface area contributed by atoms with E-state index in [1.165, 1.54) is 26.0 Å². The van der Waals surface area contributed by atoms with Crippen LogP contribution in [0.25, 0.3) is 0 Å². The molecule has 5 aliphatic carbocycles. The summed E-state index contributed by atoms with van der Waals surface area (Å²) in [7, 11) is 0. The number of amides is 4. The molecule has 400 valence electrons. The smallest absolute Gasteiger partial charge is 0.246 e. The Kier molecular flexibility index (Phi) is 17.7. The van der Waals surface area contributed by atoms with Gasteiger partial charge < -0.3 is 51.1 Å². The fraction of sp³-hybridized carbons (Fsp3) is 0.673. The molecule has 1 heterocycles. The van der Waals surface area contributed by atoms with Crippen molar-refractivity contribution in [1.82, 2.24) is 16.0 Å². The molecule has 4 amide bonds. The van der Waals surface area contributed by atoms with Crippen LogP contribution in [0.3, 0.4) is 0 Å². The lowest BCUT2D eigenvalue weighted by molar-refractivity contribution is -0.234. The minimum atomic E-state index is -2.33. The van der Waals surface area contributed by atoms with Crippen LogP contribution in [0, 0.1) is 40.4 Å². The first-order valence-electron chi connectivity index (χ1n) is 26.3. The van der Waals surface area contributed by atoms with E-state index < -0.39 is 113 Å². The summed E-state index contributed by atoms with van der Waals surface area (Å²) in [5.41, 5.74) is -0.162. The summed E-state index contributed by atoms with van der Waals surface area (Å²) in [4.78, 5) is 79.0. The molecular weight excluding hydrogens is 945 g/mol. The van der Waals surface area contributed by atoms with E-state index in [2.05, 4.69) is 33.1 Å². The van der Waals surface area contributed by atoms with Gasteiger partial charge in [0.25, 0.3) is 0 Å². The molecule has 0 aromatic heterocycles. The van der Waals surface area contributed by atoms with Crippen molar-refractivity contribution < 1.29 is 61.6 Å². The molecule has 7 rings (SSSR count). The molecule has 1 aromatic carbocycles. The summed E-state index contributed by atoms with van der Waals surface area (Å²) in [6.45, 7) is 10.2. The Morgan fingerprint density at radius 1 is 0.973 bits per heavy atom. The van der Waals surface area contributed by atoms with Gasteiger partial charge in [-0.3, -0.25) is 28.8 Å². The fourth-order valence-electron chi connectivity index (χ4n) is 12.4. The molecule has 1 aliphatic heterocycles. The number of carbonyl (C=O) groups excluding carboxylic acids is 6. The SMILES string of the molecule is CCCC1O[C@@H]2C[C@H]3[C@@H]4C[C@H](F)C5=CC(=O)C=C[C@]5(C)[C@@]4(F)[C@@H](O)C[C@]3(C)[C@]2(C(=O)COc2ccc(NC(=O)[C@H](C)NC(=O)[C@@H](NC(=O)[C@@H](N)CCCCNC(=O)COC3C#CCCCCC3)C(C)C)cc2)O1. The lowest BCUT2D eigenvalue weighted by Crippen LogP contribution is -2.71. The highest BCUT2D eigenvalue weighted by Gasteiger charge is 2.80. The number of Topliss-reactive ketones (excluding diaryl/α,β-unsaturated/α-hetero) is 1. The van der Waals surface area contributed by atoms with Crippen molar-refractivity contribution >= 4 is 40.9 Å². The number of nitrogens with two attached hydrogens (primary N) is 1. The van der Waals surface area contributed by atoms with Gasteiger partial charge in [0.1, 0.15) is 43.3 Å². The largest absolute Gasteiger partial charge is 0.486 e. The Balaban J connectivity index is 0.887. The number of unbranched alkanes of at least 4 members (excludes halogenated alkanes) is 1. The van der Waals surface area contributed by atoms with E-state index in [-0.39, 0.29) is 55.1 Å². The molecule has 18 heteroatoms. The van der Waals surface area contributed by atoms with Crippen LogP contribution < -0.4 is 31.7 Å². The average Bonchev–Trinajstić information content (AvgIpc) is 3.82. The van der Waals surface area contributed by atoms with Crippen LogP contribution in [-0.2, 0) is 43.0 Å². The zero-order chi connectivity index (χ0) is 52.9. The maximum absolute atomic E-state index is 17.9. The normalized spacial score (nSPS) is 33.4. The van der Waals surface area contributed by atoms with E-state index in [1.807, 2.05) is 6.92 Å². The number of hydrogen-bond donors (Lipinski definition) is 6. The highest BCUT2D eigenvalue weighted by Crippen LogP contribution is 2.72. The van der Waals surface area contributed by atoms with Gasteiger partial charge in [0, 0.05) is 35.4 Å². The zero-order valence-corrected chi connectivity index (χ0v) is 43.1. The van der Waals surface area contributed by atoms with Gasteiger partial charge in [-0.25, -0.2) is 8.78 Å². The second-order valence-electron chi connectivity index (χ2n) is 21.6. The Hall–Kier alpha value is -5.06. The third kappa shape index (κ3) is 11.3. The van der Waals surface area contributed by atoms with Crippen LogP contribution in [0.5, 0.6) is 5.75 Å². The number of rotatable bonds is 21. The highest BCUT2D eigenvalue weighted by molar-refractivity contribution is 6.01. The molecule has 1 saturated heterocycles. The summed E-state index contributed by atoms with van der Waals surface area (Å²) in [6, 6.07) is 3.35. The highest BCUT2D eigenvalue weighted by atomic mass is 19.1. The summed E-state index contributed by atoms with van der Waals surface area (Å²) >= 11 is 0. The van der Waals surface area contributed by atoms with Gasteiger partial charge in [0.15, 0.2) is 23.3 Å². The van der Waals surface area contributed by atoms with Gasteiger partial charge >= 0.3 is 0 Å². The molecule has 3 saturated carbocycles. The van der Waals surface area contributed by atoms with Crippen molar-refractivity contribution in [2.75, 3.05) is 25.1 Å². The summed E-state index contributed by atoms with van der Waals surface area (Å²) in [6.07, 6.45) is 5.98. The van der Waals surface area contributed by atoms with Gasteiger partial charge in [-0.15, -0.1) is 5.92 Å². The molecule has 6 aliphatic rings. The molecular formula is C55H75F2N5O11. The molecule has 14 atom stereocenters.